The Morgan fingerprint density at radius 3 is 2.72 bits per heavy atom. The fraction of sp³-hybridized carbons (Fsp3) is 0.231. The first-order valence-corrected chi connectivity index (χ1v) is 6.54. The molecule has 18 heavy (non-hydrogen) atoms. The first-order chi connectivity index (χ1) is 8.70. The number of hydrogen-bond acceptors (Lipinski definition) is 4. The maximum atomic E-state index is 12.1. The largest absolute Gasteiger partial charge is 0.508 e. The monoisotopic (exact) mass is 262 g/mol. The van der Waals surface area contributed by atoms with E-state index in [1.165, 1.54) is 11.8 Å². The fourth-order valence-corrected chi connectivity index (χ4v) is 2.35. The van der Waals surface area contributed by atoms with E-state index in [0.29, 0.717) is 11.6 Å². The molecule has 5 heteroatoms. The van der Waals surface area contributed by atoms with Gasteiger partial charge < -0.3 is 9.67 Å². The van der Waals surface area contributed by atoms with E-state index in [9.17, 15) is 9.90 Å². The van der Waals surface area contributed by atoms with Crippen molar-refractivity contribution in [2.24, 2.45) is 0 Å². The summed E-state index contributed by atoms with van der Waals surface area (Å²) in [7, 11) is 0. The Labute approximate surface area is 109 Å². The van der Waals surface area contributed by atoms with Crippen LogP contribution in [-0.2, 0) is 6.54 Å². The molecule has 0 aliphatic rings. The Bertz CT molecular complexity index is 578. The molecule has 2 rings (SSSR count). The summed E-state index contributed by atoms with van der Waals surface area (Å²) in [6.07, 6.45) is 4.25. The van der Waals surface area contributed by atoms with Gasteiger partial charge >= 0.3 is 0 Å². The lowest BCUT2D eigenvalue weighted by Crippen LogP contribution is -2.21. The molecule has 0 amide bonds. The van der Waals surface area contributed by atoms with Crippen molar-refractivity contribution in [3.63, 3.8) is 0 Å². The number of aromatic nitrogens is 2. The quantitative estimate of drug-likeness (QED) is 0.919. The predicted octanol–water partition coefficient (Wildman–Crippen LogP) is 2.51. The summed E-state index contributed by atoms with van der Waals surface area (Å²) >= 11 is 1.31. The van der Waals surface area contributed by atoms with Crippen molar-refractivity contribution >= 4 is 11.8 Å². The van der Waals surface area contributed by atoms with Crippen molar-refractivity contribution in [1.82, 2.24) is 9.55 Å². The Morgan fingerprint density at radius 1 is 1.33 bits per heavy atom. The van der Waals surface area contributed by atoms with Gasteiger partial charge in [-0.2, -0.15) is 0 Å². The van der Waals surface area contributed by atoms with Crippen molar-refractivity contribution in [3.05, 3.63) is 47.0 Å². The number of benzene rings is 1. The molecule has 4 nitrogen and oxygen atoms in total. The second-order valence-corrected chi connectivity index (χ2v) is 4.89. The molecule has 2 aromatic rings. The van der Waals surface area contributed by atoms with E-state index < -0.39 is 0 Å². The minimum atomic E-state index is -0.0718. The van der Waals surface area contributed by atoms with E-state index >= 15 is 0 Å². The third-order valence-electron chi connectivity index (χ3n) is 2.40. The molecule has 0 spiro atoms. The SMILES string of the molecule is CCCn1ccnc(Sc2ccc(O)cc2)c1=O. The molecule has 0 bridgehead atoms. The van der Waals surface area contributed by atoms with Crippen LogP contribution in [0, 0.1) is 0 Å². The second kappa shape index (κ2) is 5.73. The molecule has 0 saturated carbocycles. The van der Waals surface area contributed by atoms with Gasteiger partial charge in [0.15, 0.2) is 5.03 Å². The highest BCUT2D eigenvalue weighted by Crippen LogP contribution is 2.24. The van der Waals surface area contributed by atoms with Crippen molar-refractivity contribution in [1.29, 1.82) is 0 Å². The molecule has 1 heterocycles. The zero-order valence-electron chi connectivity index (χ0n) is 10.0. The van der Waals surface area contributed by atoms with Crippen LogP contribution in [0.4, 0.5) is 0 Å². The molecular weight excluding hydrogens is 248 g/mol. The molecule has 0 atom stereocenters. The summed E-state index contributed by atoms with van der Waals surface area (Å²) < 4.78 is 1.66. The van der Waals surface area contributed by atoms with Gasteiger partial charge in [0.2, 0.25) is 0 Å². The molecule has 0 aliphatic carbocycles. The smallest absolute Gasteiger partial charge is 0.283 e. The number of aromatic hydroxyl groups is 1. The van der Waals surface area contributed by atoms with Gasteiger partial charge in [-0.1, -0.05) is 18.7 Å². The van der Waals surface area contributed by atoms with Gasteiger partial charge in [0, 0.05) is 23.8 Å². The summed E-state index contributed by atoms with van der Waals surface area (Å²) in [4.78, 5) is 17.0. The normalized spacial score (nSPS) is 10.5. The van der Waals surface area contributed by atoms with Crippen LogP contribution in [0.3, 0.4) is 0 Å². The third kappa shape index (κ3) is 2.92. The lowest BCUT2D eigenvalue weighted by Gasteiger charge is -2.05. The number of phenolic OH excluding ortho intramolecular Hbond substituents is 1. The van der Waals surface area contributed by atoms with Crippen LogP contribution in [0.2, 0.25) is 0 Å². The summed E-state index contributed by atoms with van der Waals surface area (Å²) in [6.45, 7) is 2.73. The van der Waals surface area contributed by atoms with Crippen LogP contribution in [-0.4, -0.2) is 14.7 Å². The summed E-state index contributed by atoms with van der Waals surface area (Å²) in [5.41, 5.74) is -0.0718. The van der Waals surface area contributed by atoms with Gasteiger partial charge in [0.1, 0.15) is 5.75 Å². The first kappa shape index (κ1) is 12.7. The highest BCUT2D eigenvalue weighted by Gasteiger charge is 2.06. The average Bonchev–Trinajstić information content (AvgIpc) is 2.37. The first-order valence-electron chi connectivity index (χ1n) is 5.73. The van der Waals surface area contributed by atoms with Gasteiger partial charge in [-0.05, 0) is 30.7 Å². The fourth-order valence-electron chi connectivity index (χ4n) is 1.54. The number of rotatable bonds is 4. The summed E-state index contributed by atoms with van der Waals surface area (Å²) in [5, 5.41) is 9.66. The van der Waals surface area contributed by atoms with E-state index in [-0.39, 0.29) is 11.3 Å². The van der Waals surface area contributed by atoms with Crippen LogP contribution in [0.25, 0.3) is 0 Å². The second-order valence-electron chi connectivity index (χ2n) is 3.83. The van der Waals surface area contributed by atoms with E-state index in [4.69, 9.17) is 0 Å². The zero-order valence-corrected chi connectivity index (χ0v) is 10.9. The van der Waals surface area contributed by atoms with E-state index in [2.05, 4.69) is 4.98 Å². The molecule has 1 aromatic carbocycles. The molecule has 0 saturated heterocycles. The number of aryl methyl sites for hydroxylation is 1. The number of phenols is 1. The van der Waals surface area contributed by atoms with Crippen molar-refractivity contribution < 1.29 is 5.11 Å². The Balaban J connectivity index is 2.26. The maximum Gasteiger partial charge on any atom is 0.283 e. The average molecular weight is 262 g/mol. The summed E-state index contributed by atoms with van der Waals surface area (Å²) in [5.74, 6) is 0.212. The van der Waals surface area contributed by atoms with E-state index in [1.54, 1.807) is 41.2 Å². The van der Waals surface area contributed by atoms with Gasteiger partial charge in [-0.3, -0.25) is 4.79 Å². The molecule has 1 aromatic heterocycles. The number of hydrogen-bond donors (Lipinski definition) is 1. The Kier molecular flexibility index (Phi) is 4.04. The molecule has 1 N–H and O–H groups in total. The Morgan fingerprint density at radius 2 is 2.06 bits per heavy atom. The third-order valence-corrected chi connectivity index (χ3v) is 3.38. The Hall–Kier alpha value is -1.75. The van der Waals surface area contributed by atoms with Crippen molar-refractivity contribution in [3.8, 4) is 5.75 Å². The highest BCUT2D eigenvalue weighted by atomic mass is 32.2. The van der Waals surface area contributed by atoms with E-state index in [1.807, 2.05) is 6.92 Å². The maximum absolute atomic E-state index is 12.1. The molecular formula is C13H14N2O2S. The highest BCUT2D eigenvalue weighted by molar-refractivity contribution is 7.99. The van der Waals surface area contributed by atoms with Crippen LogP contribution < -0.4 is 5.56 Å². The van der Waals surface area contributed by atoms with Crippen LogP contribution in [0.15, 0.2) is 51.4 Å². The number of nitrogens with zero attached hydrogens (tertiary/aromatic N) is 2. The summed E-state index contributed by atoms with van der Waals surface area (Å²) in [6, 6.07) is 6.71. The van der Waals surface area contributed by atoms with Crippen LogP contribution in [0.5, 0.6) is 5.75 Å². The van der Waals surface area contributed by atoms with Crippen LogP contribution >= 0.6 is 11.8 Å². The van der Waals surface area contributed by atoms with Crippen molar-refractivity contribution in [2.45, 2.75) is 29.8 Å². The van der Waals surface area contributed by atoms with E-state index in [0.717, 1.165) is 11.3 Å². The molecule has 0 radical (unpaired) electrons. The molecule has 0 unspecified atom stereocenters. The molecule has 0 fully saturated rings. The van der Waals surface area contributed by atoms with Gasteiger partial charge in [-0.15, -0.1) is 0 Å². The minimum absolute atomic E-state index is 0.0718. The topological polar surface area (TPSA) is 55.1 Å². The standard InChI is InChI=1S/C13H14N2O2S/c1-2-8-15-9-7-14-12(13(15)17)18-11-5-3-10(16)4-6-11/h3-7,9,16H,2,8H2,1H3. The van der Waals surface area contributed by atoms with Gasteiger partial charge in [0.05, 0.1) is 0 Å². The zero-order chi connectivity index (χ0) is 13.0. The van der Waals surface area contributed by atoms with Gasteiger partial charge in [-0.25, -0.2) is 4.98 Å². The predicted molar refractivity (Wildman–Crippen MR) is 71.0 cm³/mol. The molecule has 0 aliphatic heterocycles. The van der Waals surface area contributed by atoms with Gasteiger partial charge in [0.25, 0.3) is 5.56 Å². The lowest BCUT2D eigenvalue weighted by molar-refractivity contribution is 0.475. The van der Waals surface area contributed by atoms with Crippen molar-refractivity contribution in [2.75, 3.05) is 0 Å². The minimum Gasteiger partial charge on any atom is -0.508 e. The molecule has 94 valence electrons. The lowest BCUT2D eigenvalue weighted by atomic mass is 10.3. The van der Waals surface area contributed by atoms with Crippen LogP contribution in [0.1, 0.15) is 13.3 Å².